The van der Waals surface area contributed by atoms with Crippen LogP contribution in [0.1, 0.15) is 50.0 Å². The van der Waals surface area contributed by atoms with Gasteiger partial charge in [0.25, 0.3) is 5.79 Å². The first kappa shape index (κ1) is 12.8. The maximum atomic E-state index is 6.47. The largest absolute Gasteiger partial charge is 0.448 e. The fourth-order valence-electron chi connectivity index (χ4n) is 3.68. The topological polar surface area (TPSA) is 30.5 Å². The summed E-state index contributed by atoms with van der Waals surface area (Å²) in [4.78, 5) is 0. The van der Waals surface area contributed by atoms with Gasteiger partial charge in [0.2, 0.25) is 0 Å². The summed E-state index contributed by atoms with van der Waals surface area (Å²) in [6.45, 7) is 2.12. The summed E-state index contributed by atoms with van der Waals surface area (Å²) in [5.74, 6) is 1.81. The maximum absolute atomic E-state index is 6.47. The molecule has 1 N–H and O–H groups in total. The molecule has 0 aromatic heterocycles. The molecule has 0 amide bonds. The normalized spacial score (nSPS) is 27.1. The Balaban J connectivity index is 1.64. The third kappa shape index (κ3) is 2.08. The van der Waals surface area contributed by atoms with E-state index in [0.29, 0.717) is 5.92 Å². The minimum Gasteiger partial charge on any atom is -0.448 e. The molecule has 0 bridgehead atoms. The fourth-order valence-corrected chi connectivity index (χ4v) is 3.99. The van der Waals surface area contributed by atoms with Crippen molar-refractivity contribution in [3.63, 3.8) is 0 Å². The van der Waals surface area contributed by atoms with Crippen molar-refractivity contribution in [2.75, 3.05) is 13.1 Å². The standard InChI is InChI=1S/C16H20ClNO2/c17-13-9-15-14(19-16(20-15)5-1-2-6-16)8-12(13)11-4-3-7-18-10-11/h8-9,11,18H,1-7,10H2. The van der Waals surface area contributed by atoms with Gasteiger partial charge in [0.05, 0.1) is 0 Å². The van der Waals surface area contributed by atoms with Crippen LogP contribution in [0.25, 0.3) is 0 Å². The molecule has 1 aromatic rings. The highest BCUT2D eigenvalue weighted by Crippen LogP contribution is 2.49. The average Bonchev–Trinajstić information content (AvgIpc) is 3.05. The lowest BCUT2D eigenvalue weighted by Crippen LogP contribution is -2.34. The zero-order chi connectivity index (χ0) is 13.6. The number of hydrogen-bond acceptors (Lipinski definition) is 3. The summed E-state index contributed by atoms with van der Waals surface area (Å²) >= 11 is 6.47. The van der Waals surface area contributed by atoms with Gasteiger partial charge in [-0.3, -0.25) is 0 Å². The van der Waals surface area contributed by atoms with Crippen LogP contribution >= 0.6 is 11.6 Å². The molecule has 2 heterocycles. The highest BCUT2D eigenvalue weighted by Gasteiger charge is 2.44. The van der Waals surface area contributed by atoms with Crippen molar-refractivity contribution in [1.29, 1.82) is 0 Å². The zero-order valence-corrected chi connectivity index (χ0v) is 12.3. The van der Waals surface area contributed by atoms with Crippen LogP contribution in [-0.2, 0) is 0 Å². The van der Waals surface area contributed by atoms with E-state index < -0.39 is 5.79 Å². The molecule has 3 aliphatic rings. The second kappa shape index (κ2) is 4.81. The summed E-state index contributed by atoms with van der Waals surface area (Å²) in [6.07, 6.45) is 6.73. The molecule has 1 saturated heterocycles. The minimum absolute atomic E-state index is 0.394. The molecular weight excluding hydrogens is 274 g/mol. The molecule has 2 fully saturated rings. The van der Waals surface area contributed by atoms with E-state index in [1.54, 1.807) is 0 Å². The maximum Gasteiger partial charge on any atom is 0.251 e. The van der Waals surface area contributed by atoms with Crippen LogP contribution in [0.15, 0.2) is 12.1 Å². The van der Waals surface area contributed by atoms with Gasteiger partial charge in [0.15, 0.2) is 11.5 Å². The Kier molecular flexibility index (Phi) is 3.08. The number of nitrogens with one attached hydrogen (secondary N) is 1. The molecule has 1 atom stereocenters. The number of benzene rings is 1. The van der Waals surface area contributed by atoms with Crippen LogP contribution in [0, 0.1) is 0 Å². The van der Waals surface area contributed by atoms with E-state index in [2.05, 4.69) is 11.4 Å². The molecule has 2 aliphatic heterocycles. The average molecular weight is 294 g/mol. The van der Waals surface area contributed by atoms with Gasteiger partial charge in [-0.2, -0.15) is 0 Å². The van der Waals surface area contributed by atoms with E-state index in [9.17, 15) is 0 Å². The van der Waals surface area contributed by atoms with Gasteiger partial charge in [0, 0.05) is 30.5 Å². The van der Waals surface area contributed by atoms with Crippen molar-refractivity contribution in [1.82, 2.24) is 5.32 Å². The highest BCUT2D eigenvalue weighted by molar-refractivity contribution is 6.31. The van der Waals surface area contributed by atoms with Gasteiger partial charge < -0.3 is 14.8 Å². The van der Waals surface area contributed by atoms with Gasteiger partial charge in [-0.25, -0.2) is 0 Å². The quantitative estimate of drug-likeness (QED) is 0.853. The van der Waals surface area contributed by atoms with Gasteiger partial charge in [-0.15, -0.1) is 0 Å². The van der Waals surface area contributed by atoms with Crippen LogP contribution < -0.4 is 14.8 Å². The van der Waals surface area contributed by atoms with Crippen molar-refractivity contribution in [2.45, 2.75) is 50.2 Å². The van der Waals surface area contributed by atoms with E-state index in [4.69, 9.17) is 21.1 Å². The number of hydrogen-bond donors (Lipinski definition) is 1. The summed E-state index contributed by atoms with van der Waals surface area (Å²) < 4.78 is 12.2. The third-order valence-corrected chi connectivity index (χ3v) is 5.08. The minimum atomic E-state index is -0.394. The lowest BCUT2D eigenvalue weighted by molar-refractivity contribution is -0.0716. The molecule has 4 rings (SSSR count). The molecule has 3 nitrogen and oxygen atoms in total. The second-order valence-corrected chi connectivity index (χ2v) is 6.59. The number of fused-ring (bicyclic) bond motifs is 1. The zero-order valence-electron chi connectivity index (χ0n) is 11.6. The molecule has 108 valence electrons. The van der Waals surface area contributed by atoms with Crippen molar-refractivity contribution < 1.29 is 9.47 Å². The molecule has 1 spiro atoms. The Hall–Kier alpha value is -0.930. The lowest BCUT2D eigenvalue weighted by atomic mass is 9.91. The van der Waals surface area contributed by atoms with Gasteiger partial charge >= 0.3 is 0 Å². The van der Waals surface area contributed by atoms with E-state index >= 15 is 0 Å². The third-order valence-electron chi connectivity index (χ3n) is 4.76. The van der Waals surface area contributed by atoms with E-state index in [-0.39, 0.29) is 0 Å². The van der Waals surface area contributed by atoms with Gasteiger partial charge in [-0.1, -0.05) is 11.6 Å². The molecule has 4 heteroatoms. The first-order chi connectivity index (χ1) is 9.76. The first-order valence-electron chi connectivity index (χ1n) is 7.68. The van der Waals surface area contributed by atoms with E-state index in [0.717, 1.165) is 42.5 Å². The monoisotopic (exact) mass is 293 g/mol. The SMILES string of the molecule is Clc1cc2c(cc1C1CCCNC1)OC1(CCCC1)O2. The molecule has 20 heavy (non-hydrogen) atoms. The molecule has 1 aliphatic carbocycles. The number of rotatable bonds is 1. The van der Waals surface area contributed by atoms with Crippen LogP contribution in [0.3, 0.4) is 0 Å². The molecule has 1 aromatic carbocycles. The summed E-state index contributed by atoms with van der Waals surface area (Å²) in [5.41, 5.74) is 1.20. The smallest absolute Gasteiger partial charge is 0.251 e. The van der Waals surface area contributed by atoms with Crippen LogP contribution in [0.5, 0.6) is 11.5 Å². The van der Waals surface area contributed by atoms with Crippen molar-refractivity contribution in [3.8, 4) is 11.5 Å². The predicted molar refractivity (Wildman–Crippen MR) is 78.8 cm³/mol. The van der Waals surface area contributed by atoms with Crippen LogP contribution in [0.2, 0.25) is 5.02 Å². The Morgan fingerprint density at radius 2 is 1.85 bits per heavy atom. The fraction of sp³-hybridized carbons (Fsp3) is 0.625. The Labute approximate surface area is 124 Å². The Morgan fingerprint density at radius 1 is 1.10 bits per heavy atom. The van der Waals surface area contributed by atoms with Crippen molar-refractivity contribution in [2.24, 2.45) is 0 Å². The van der Waals surface area contributed by atoms with Crippen LogP contribution in [0.4, 0.5) is 0 Å². The lowest BCUT2D eigenvalue weighted by Gasteiger charge is -2.24. The Bertz CT molecular complexity index is 519. The first-order valence-corrected chi connectivity index (χ1v) is 8.06. The Morgan fingerprint density at radius 3 is 2.55 bits per heavy atom. The molecule has 0 radical (unpaired) electrons. The van der Waals surface area contributed by atoms with Crippen LogP contribution in [-0.4, -0.2) is 18.9 Å². The predicted octanol–water partition coefficient (Wildman–Crippen LogP) is 3.85. The highest BCUT2D eigenvalue weighted by atomic mass is 35.5. The molecular formula is C16H20ClNO2. The van der Waals surface area contributed by atoms with Gasteiger partial charge in [-0.05, 0) is 49.8 Å². The van der Waals surface area contributed by atoms with Crippen molar-refractivity contribution >= 4 is 11.6 Å². The molecule has 1 saturated carbocycles. The number of halogens is 1. The number of ether oxygens (including phenoxy) is 2. The second-order valence-electron chi connectivity index (χ2n) is 6.19. The summed E-state index contributed by atoms with van der Waals surface area (Å²) in [7, 11) is 0. The van der Waals surface area contributed by atoms with E-state index in [1.165, 1.54) is 31.2 Å². The van der Waals surface area contributed by atoms with Crippen molar-refractivity contribution in [3.05, 3.63) is 22.7 Å². The summed E-state index contributed by atoms with van der Waals surface area (Å²) in [6, 6.07) is 4.07. The molecule has 1 unspecified atom stereocenters. The van der Waals surface area contributed by atoms with E-state index in [1.807, 2.05) is 6.07 Å². The summed E-state index contributed by atoms with van der Waals surface area (Å²) in [5, 5.41) is 4.26. The number of piperidine rings is 1. The van der Waals surface area contributed by atoms with Gasteiger partial charge in [0.1, 0.15) is 0 Å².